The van der Waals surface area contributed by atoms with Gasteiger partial charge in [-0.3, -0.25) is 0 Å². The largest absolute Gasteiger partial charge is 0.486 e. The third-order valence-corrected chi connectivity index (χ3v) is 5.20. The van der Waals surface area contributed by atoms with Crippen LogP contribution in [0.2, 0.25) is 10.0 Å². The quantitative estimate of drug-likeness (QED) is 0.769. The van der Waals surface area contributed by atoms with E-state index in [1.807, 2.05) is 23.1 Å². The minimum absolute atomic E-state index is 0.0104. The van der Waals surface area contributed by atoms with E-state index in [1.165, 1.54) is 0 Å². The minimum Gasteiger partial charge on any atom is -0.486 e. The van der Waals surface area contributed by atoms with Gasteiger partial charge in [-0.15, -0.1) is 0 Å². The number of urea groups is 1. The maximum atomic E-state index is 12.8. The maximum absolute atomic E-state index is 12.8. The molecule has 2 heterocycles. The Morgan fingerprint density at radius 1 is 1.08 bits per heavy atom. The summed E-state index contributed by atoms with van der Waals surface area (Å²) >= 11 is 12.2. The van der Waals surface area contributed by atoms with E-state index >= 15 is 0 Å². The molecule has 1 fully saturated rings. The summed E-state index contributed by atoms with van der Waals surface area (Å²) in [5.74, 6) is 1.48. The van der Waals surface area contributed by atoms with Crippen LogP contribution in [0.3, 0.4) is 0 Å². The molecule has 1 unspecified atom stereocenters. The van der Waals surface area contributed by atoms with E-state index in [1.54, 1.807) is 18.2 Å². The first kappa shape index (κ1) is 17.3. The molecule has 2 aromatic carbocycles. The van der Waals surface area contributed by atoms with Gasteiger partial charge in [0, 0.05) is 11.6 Å². The van der Waals surface area contributed by atoms with E-state index < -0.39 is 0 Å². The molecule has 0 saturated carbocycles. The van der Waals surface area contributed by atoms with Gasteiger partial charge in [-0.25, -0.2) is 4.79 Å². The van der Waals surface area contributed by atoms with Crippen LogP contribution < -0.4 is 14.8 Å². The van der Waals surface area contributed by atoms with Crippen LogP contribution in [0.25, 0.3) is 0 Å². The van der Waals surface area contributed by atoms with Gasteiger partial charge in [0.1, 0.15) is 13.2 Å². The van der Waals surface area contributed by atoms with Crippen LogP contribution in [-0.4, -0.2) is 30.7 Å². The van der Waals surface area contributed by atoms with E-state index in [-0.39, 0.29) is 12.1 Å². The van der Waals surface area contributed by atoms with E-state index in [0.717, 1.165) is 29.9 Å². The minimum atomic E-state index is -0.188. The lowest BCUT2D eigenvalue weighted by Gasteiger charge is -2.27. The van der Waals surface area contributed by atoms with Crippen molar-refractivity contribution in [3.63, 3.8) is 0 Å². The molecule has 5 nitrogen and oxygen atoms in total. The number of ether oxygens (including phenoxy) is 2. The highest BCUT2D eigenvalue weighted by molar-refractivity contribution is 6.35. The van der Waals surface area contributed by atoms with Crippen LogP contribution in [0, 0.1) is 0 Å². The predicted molar refractivity (Wildman–Crippen MR) is 102 cm³/mol. The molecule has 2 aliphatic heterocycles. The van der Waals surface area contributed by atoms with Crippen molar-refractivity contribution >= 4 is 34.9 Å². The van der Waals surface area contributed by atoms with Crippen molar-refractivity contribution in [1.29, 1.82) is 0 Å². The average Bonchev–Trinajstić information content (AvgIpc) is 3.14. The summed E-state index contributed by atoms with van der Waals surface area (Å²) in [6, 6.07) is 10.7. The van der Waals surface area contributed by atoms with Gasteiger partial charge >= 0.3 is 6.03 Å². The van der Waals surface area contributed by atoms with Crippen molar-refractivity contribution in [1.82, 2.24) is 4.90 Å². The molecule has 1 N–H and O–H groups in total. The Hall–Kier alpha value is -2.11. The number of anilines is 1. The molecule has 2 aliphatic rings. The van der Waals surface area contributed by atoms with E-state index in [2.05, 4.69) is 5.32 Å². The summed E-state index contributed by atoms with van der Waals surface area (Å²) in [4.78, 5) is 14.6. The second-order valence-corrected chi connectivity index (χ2v) is 7.15. The molecular formula is C19H18Cl2N2O3. The zero-order chi connectivity index (χ0) is 18.1. The van der Waals surface area contributed by atoms with Gasteiger partial charge in [0.2, 0.25) is 0 Å². The lowest BCUT2D eigenvalue weighted by Crippen LogP contribution is -2.34. The van der Waals surface area contributed by atoms with Crippen molar-refractivity contribution in [2.24, 2.45) is 0 Å². The van der Waals surface area contributed by atoms with Crippen LogP contribution in [0.4, 0.5) is 10.5 Å². The Morgan fingerprint density at radius 2 is 1.88 bits per heavy atom. The van der Waals surface area contributed by atoms with Gasteiger partial charge in [-0.1, -0.05) is 29.3 Å². The average molecular weight is 393 g/mol. The highest BCUT2D eigenvalue weighted by atomic mass is 35.5. The highest BCUT2D eigenvalue weighted by Crippen LogP contribution is 2.38. The van der Waals surface area contributed by atoms with Crippen molar-refractivity contribution in [3.05, 3.63) is 52.0 Å². The Labute approximate surface area is 161 Å². The molecule has 0 radical (unpaired) electrons. The number of carbonyl (C=O) groups is 1. The normalized spacial score (nSPS) is 18.7. The smallest absolute Gasteiger partial charge is 0.322 e. The first-order valence-electron chi connectivity index (χ1n) is 8.54. The molecule has 0 bridgehead atoms. The maximum Gasteiger partial charge on any atom is 0.322 e. The van der Waals surface area contributed by atoms with Crippen molar-refractivity contribution in [3.8, 4) is 11.5 Å². The topological polar surface area (TPSA) is 50.8 Å². The Balaban J connectivity index is 1.54. The summed E-state index contributed by atoms with van der Waals surface area (Å²) in [6.07, 6.45) is 1.84. The Morgan fingerprint density at radius 3 is 2.73 bits per heavy atom. The lowest BCUT2D eigenvalue weighted by atomic mass is 10.0. The number of likely N-dealkylation sites (tertiary alicyclic amines) is 1. The van der Waals surface area contributed by atoms with Crippen LogP contribution in [0.15, 0.2) is 36.4 Å². The molecule has 1 saturated heterocycles. The third-order valence-electron chi connectivity index (χ3n) is 4.63. The summed E-state index contributed by atoms with van der Waals surface area (Å²) in [5, 5.41) is 3.85. The van der Waals surface area contributed by atoms with Crippen LogP contribution in [0.5, 0.6) is 11.5 Å². The number of hydrogen-bond donors (Lipinski definition) is 1. The molecule has 1 atom stereocenters. The lowest BCUT2D eigenvalue weighted by molar-refractivity contribution is 0.170. The number of rotatable bonds is 2. The van der Waals surface area contributed by atoms with Crippen LogP contribution in [-0.2, 0) is 0 Å². The second kappa shape index (κ2) is 7.25. The predicted octanol–water partition coefficient (Wildman–Crippen LogP) is 5.13. The van der Waals surface area contributed by atoms with Gasteiger partial charge in [-0.05, 0) is 48.7 Å². The fraction of sp³-hybridized carbons (Fsp3) is 0.316. The molecule has 2 amide bonds. The Kier molecular flexibility index (Phi) is 4.83. The standard InChI is InChI=1S/C19H18Cl2N2O3/c20-13-4-5-14(21)15(11-13)22-19(24)23-7-1-2-16(23)12-3-6-17-18(10-12)26-9-8-25-17/h3-6,10-11,16H,1-2,7-9H2,(H,22,24). The number of benzene rings is 2. The van der Waals surface area contributed by atoms with E-state index in [0.29, 0.717) is 35.5 Å². The summed E-state index contributed by atoms with van der Waals surface area (Å²) in [7, 11) is 0. The monoisotopic (exact) mass is 392 g/mol. The van der Waals surface area contributed by atoms with Crippen molar-refractivity contribution < 1.29 is 14.3 Å². The SMILES string of the molecule is O=C(Nc1cc(Cl)ccc1Cl)N1CCCC1c1ccc2c(c1)OCCO2. The summed E-state index contributed by atoms with van der Waals surface area (Å²) < 4.78 is 11.2. The Bertz CT molecular complexity index is 844. The molecule has 4 rings (SSSR count). The number of hydrogen-bond acceptors (Lipinski definition) is 3. The summed E-state index contributed by atoms with van der Waals surface area (Å²) in [5.41, 5.74) is 1.55. The zero-order valence-electron chi connectivity index (χ0n) is 14.0. The molecule has 136 valence electrons. The number of fused-ring (bicyclic) bond motifs is 1. The molecule has 0 spiro atoms. The van der Waals surface area contributed by atoms with Crippen LogP contribution in [0.1, 0.15) is 24.4 Å². The number of nitrogens with zero attached hydrogens (tertiary/aromatic N) is 1. The number of amides is 2. The molecular weight excluding hydrogens is 375 g/mol. The number of halogens is 2. The van der Waals surface area contributed by atoms with E-state index in [4.69, 9.17) is 32.7 Å². The second-order valence-electron chi connectivity index (χ2n) is 6.31. The van der Waals surface area contributed by atoms with Crippen molar-refractivity contribution in [2.75, 3.05) is 25.1 Å². The van der Waals surface area contributed by atoms with E-state index in [9.17, 15) is 4.79 Å². The van der Waals surface area contributed by atoms with Gasteiger partial charge < -0.3 is 19.7 Å². The molecule has 7 heteroatoms. The zero-order valence-corrected chi connectivity index (χ0v) is 15.5. The van der Waals surface area contributed by atoms with Crippen LogP contribution >= 0.6 is 23.2 Å². The van der Waals surface area contributed by atoms with Gasteiger partial charge in [0.05, 0.1) is 16.8 Å². The number of nitrogens with one attached hydrogen (secondary N) is 1. The number of carbonyl (C=O) groups excluding carboxylic acids is 1. The fourth-order valence-electron chi connectivity index (χ4n) is 3.40. The van der Waals surface area contributed by atoms with Gasteiger partial charge in [0.15, 0.2) is 11.5 Å². The molecule has 2 aromatic rings. The molecule has 0 aromatic heterocycles. The molecule has 0 aliphatic carbocycles. The fourth-order valence-corrected chi connectivity index (χ4v) is 3.74. The first-order valence-corrected chi connectivity index (χ1v) is 9.29. The third kappa shape index (κ3) is 3.41. The first-order chi connectivity index (χ1) is 12.6. The molecule has 26 heavy (non-hydrogen) atoms. The summed E-state index contributed by atoms with van der Waals surface area (Å²) in [6.45, 7) is 1.78. The van der Waals surface area contributed by atoms with Crippen molar-refractivity contribution in [2.45, 2.75) is 18.9 Å². The van der Waals surface area contributed by atoms with Gasteiger partial charge in [-0.2, -0.15) is 0 Å². The highest BCUT2D eigenvalue weighted by Gasteiger charge is 2.31. The van der Waals surface area contributed by atoms with Gasteiger partial charge in [0.25, 0.3) is 0 Å².